The van der Waals surface area contributed by atoms with E-state index in [-0.39, 0.29) is 51.1 Å². The van der Waals surface area contributed by atoms with Gasteiger partial charge in [0.25, 0.3) is 0 Å². The summed E-state index contributed by atoms with van der Waals surface area (Å²) < 4.78 is 19.2. The largest absolute Gasteiger partial charge is 0.457 e. The van der Waals surface area contributed by atoms with E-state index in [2.05, 4.69) is 34.6 Å². The Labute approximate surface area is 281 Å². The normalized spacial score (nSPS) is 55.4. The number of hydrogen-bond donors (Lipinski definition) is 5. The fourth-order valence-corrected chi connectivity index (χ4v) is 14.1. The zero-order valence-electron chi connectivity index (χ0n) is 29.9. The van der Waals surface area contributed by atoms with Crippen LogP contribution >= 0.6 is 0 Å². The molecule has 1 aliphatic heterocycles. The average molecular weight is 663 g/mol. The molecule has 7 fully saturated rings. The predicted molar refractivity (Wildman–Crippen MR) is 174 cm³/mol. The zero-order valence-corrected chi connectivity index (χ0v) is 29.9. The molecular weight excluding hydrogens is 600 g/mol. The summed E-state index contributed by atoms with van der Waals surface area (Å²) in [5.74, 6) is 0.830. The van der Waals surface area contributed by atoms with Gasteiger partial charge in [0.15, 0.2) is 6.10 Å². The molecule has 0 radical (unpaired) electrons. The van der Waals surface area contributed by atoms with Crippen molar-refractivity contribution in [3.8, 4) is 0 Å². The molecule has 0 aromatic rings. The van der Waals surface area contributed by atoms with Crippen molar-refractivity contribution in [3.05, 3.63) is 0 Å². The Balaban J connectivity index is 1.14. The van der Waals surface area contributed by atoms with Crippen LogP contribution in [0.1, 0.15) is 120 Å². The van der Waals surface area contributed by atoms with E-state index in [4.69, 9.17) is 14.2 Å². The van der Waals surface area contributed by atoms with Crippen LogP contribution in [-0.2, 0) is 19.0 Å². The number of ether oxygens (including phenoxy) is 3. The summed E-state index contributed by atoms with van der Waals surface area (Å²) in [4.78, 5) is 12.1. The van der Waals surface area contributed by atoms with Crippen LogP contribution in [0.2, 0.25) is 0 Å². The average Bonchev–Trinajstić information content (AvgIpc) is 3.61. The summed E-state index contributed by atoms with van der Waals surface area (Å²) in [6.45, 7) is 16.4. The Morgan fingerprint density at radius 3 is 2.21 bits per heavy atom. The highest BCUT2D eigenvalue weighted by molar-refractivity contribution is 5.66. The van der Waals surface area contributed by atoms with Crippen LogP contribution in [0.5, 0.6) is 0 Å². The number of rotatable bonds is 5. The minimum Gasteiger partial charge on any atom is -0.457 e. The molecule has 6 aliphatic carbocycles. The molecule has 1 saturated heterocycles. The fraction of sp³-hybridized carbons (Fsp3) is 0.974. The van der Waals surface area contributed by atoms with Gasteiger partial charge in [-0.25, -0.2) is 0 Å². The topological polar surface area (TPSA) is 146 Å². The summed E-state index contributed by atoms with van der Waals surface area (Å²) in [6.07, 6.45) is 3.23. The van der Waals surface area contributed by atoms with Gasteiger partial charge in [0, 0.05) is 12.3 Å². The van der Waals surface area contributed by atoms with Crippen molar-refractivity contribution in [1.29, 1.82) is 0 Å². The molecule has 5 N–H and O–H groups in total. The molecule has 7 aliphatic rings. The van der Waals surface area contributed by atoms with Crippen molar-refractivity contribution in [1.82, 2.24) is 0 Å². The molecule has 9 heteroatoms. The molecule has 17 atom stereocenters. The standard InChI is InChI=1S/C38H62O9/c1-19-17-23(32(34(5,6)44)45-20(2)39)47-30-27(19)35(7)15-16-38-18-37(38)14-13-26(46-22-10-9-21(40)28(41)29(22)42)33(3,4)24(37)11-12-25(38)36(35,8)31(30)43/h19,21-32,40-44H,9-18H2,1-8H3/t19-,21-,22-,23-,24+,25+,26+,27+,28+,29+,30+,31+,32+,35-,36-,37?,38+/m1/s1. The van der Waals surface area contributed by atoms with Gasteiger partial charge < -0.3 is 39.7 Å². The van der Waals surface area contributed by atoms with Gasteiger partial charge >= 0.3 is 5.97 Å². The van der Waals surface area contributed by atoms with E-state index >= 15 is 0 Å². The molecule has 47 heavy (non-hydrogen) atoms. The molecule has 0 aromatic carbocycles. The Morgan fingerprint density at radius 1 is 0.894 bits per heavy atom. The molecule has 0 bridgehead atoms. The van der Waals surface area contributed by atoms with E-state index in [9.17, 15) is 30.3 Å². The smallest absolute Gasteiger partial charge is 0.303 e. The maximum Gasteiger partial charge on any atom is 0.303 e. The van der Waals surface area contributed by atoms with Gasteiger partial charge in [0.1, 0.15) is 12.2 Å². The van der Waals surface area contributed by atoms with Gasteiger partial charge in [-0.05, 0) is 123 Å². The molecule has 268 valence electrons. The maximum atomic E-state index is 12.5. The highest BCUT2D eigenvalue weighted by Gasteiger charge is 2.84. The first-order chi connectivity index (χ1) is 21.8. The first-order valence-electron chi connectivity index (χ1n) is 18.7. The molecule has 9 nitrogen and oxygen atoms in total. The minimum absolute atomic E-state index is 0.0223. The lowest BCUT2D eigenvalue weighted by atomic mass is 9.41. The number of carbonyl (C=O) groups excluding carboxylic acids is 1. The van der Waals surface area contributed by atoms with Crippen molar-refractivity contribution >= 4 is 5.97 Å². The number of carbonyl (C=O) groups is 1. The van der Waals surface area contributed by atoms with E-state index in [1.54, 1.807) is 13.8 Å². The Bertz CT molecular complexity index is 1250. The van der Waals surface area contributed by atoms with Crippen LogP contribution in [0.25, 0.3) is 0 Å². The summed E-state index contributed by atoms with van der Waals surface area (Å²) in [5, 5.41) is 54.7. The third kappa shape index (κ3) is 4.54. The van der Waals surface area contributed by atoms with Gasteiger partial charge in [-0.15, -0.1) is 0 Å². The van der Waals surface area contributed by atoms with Crippen molar-refractivity contribution in [3.63, 3.8) is 0 Å². The van der Waals surface area contributed by atoms with Crippen LogP contribution in [0.3, 0.4) is 0 Å². The van der Waals surface area contributed by atoms with E-state index in [1.165, 1.54) is 19.8 Å². The van der Waals surface area contributed by atoms with Gasteiger partial charge in [-0.3, -0.25) is 4.79 Å². The second-order valence-corrected chi connectivity index (χ2v) is 19.0. The Morgan fingerprint density at radius 2 is 1.55 bits per heavy atom. The molecule has 6 saturated carbocycles. The minimum atomic E-state index is -1.28. The highest BCUT2D eigenvalue weighted by atomic mass is 16.6. The SMILES string of the molecule is CC(=O)O[C@@H]([C@H]1C[C@@H](C)[C@H]2[C@H](O1)[C@H](O)[C@@]1(C)[C@@H]3CC[C@H]4C(C)(C)[C@@H](O[C@@H]5CC[C@@H](O)[C@H](O)[C@H]5O)CCC45C[C@@]35CC[C@]21C)C(C)(C)O. The van der Waals surface area contributed by atoms with Crippen molar-refractivity contribution in [2.75, 3.05) is 0 Å². The van der Waals surface area contributed by atoms with Crippen LogP contribution in [-0.4, -0.2) is 92.0 Å². The van der Waals surface area contributed by atoms with E-state index in [0.29, 0.717) is 31.1 Å². The van der Waals surface area contributed by atoms with Gasteiger partial charge in [-0.1, -0.05) is 34.6 Å². The molecule has 2 spiro atoms. The predicted octanol–water partition coefficient (Wildman–Crippen LogP) is 4.13. The van der Waals surface area contributed by atoms with Crippen molar-refractivity contribution in [2.24, 2.45) is 50.7 Å². The quantitative estimate of drug-likeness (QED) is 0.274. The fourth-order valence-electron chi connectivity index (χ4n) is 14.1. The molecule has 7 rings (SSSR count). The lowest BCUT2D eigenvalue weighted by Crippen LogP contribution is -2.60. The van der Waals surface area contributed by atoms with Crippen LogP contribution in [0, 0.1) is 50.7 Å². The Kier molecular flexibility index (Phi) is 7.99. The zero-order chi connectivity index (χ0) is 34.3. The lowest BCUT2D eigenvalue weighted by Gasteiger charge is -2.64. The number of fused-ring (bicyclic) bond motifs is 4. The number of aliphatic hydroxyl groups excluding tert-OH is 4. The van der Waals surface area contributed by atoms with Gasteiger partial charge in [0.2, 0.25) is 0 Å². The second-order valence-electron chi connectivity index (χ2n) is 19.0. The number of aliphatic hydroxyl groups is 5. The molecule has 1 unspecified atom stereocenters. The lowest BCUT2D eigenvalue weighted by molar-refractivity contribution is -0.220. The van der Waals surface area contributed by atoms with Crippen LogP contribution in [0.4, 0.5) is 0 Å². The summed E-state index contributed by atoms with van der Waals surface area (Å²) in [5.41, 5.74) is -1.41. The van der Waals surface area contributed by atoms with Gasteiger partial charge in [-0.2, -0.15) is 0 Å². The van der Waals surface area contributed by atoms with E-state index < -0.39 is 54.3 Å². The second kappa shape index (κ2) is 10.8. The van der Waals surface area contributed by atoms with E-state index in [1.807, 2.05) is 0 Å². The van der Waals surface area contributed by atoms with Crippen LogP contribution < -0.4 is 0 Å². The number of hydrogen-bond acceptors (Lipinski definition) is 9. The van der Waals surface area contributed by atoms with E-state index in [0.717, 1.165) is 32.1 Å². The molecule has 0 amide bonds. The first-order valence-corrected chi connectivity index (χ1v) is 18.7. The van der Waals surface area contributed by atoms with Crippen LogP contribution in [0.15, 0.2) is 0 Å². The van der Waals surface area contributed by atoms with Gasteiger partial charge in [0.05, 0.1) is 42.2 Å². The molecule has 0 aromatic heterocycles. The third-order valence-electron chi connectivity index (χ3n) is 16.3. The summed E-state index contributed by atoms with van der Waals surface area (Å²) in [7, 11) is 0. The monoisotopic (exact) mass is 662 g/mol. The number of esters is 1. The Hall–Kier alpha value is -0.810. The highest BCUT2D eigenvalue weighted by Crippen LogP contribution is 2.89. The maximum absolute atomic E-state index is 12.5. The van der Waals surface area contributed by atoms with Crippen molar-refractivity contribution < 1.29 is 44.5 Å². The molecule has 1 heterocycles. The third-order valence-corrected chi connectivity index (χ3v) is 16.3. The molecular formula is C38H62O9. The summed E-state index contributed by atoms with van der Waals surface area (Å²) in [6, 6.07) is 0. The van der Waals surface area contributed by atoms with Crippen molar-refractivity contribution in [2.45, 2.75) is 180 Å². The first kappa shape index (κ1) is 34.6. The summed E-state index contributed by atoms with van der Waals surface area (Å²) >= 11 is 0.